The predicted octanol–water partition coefficient (Wildman–Crippen LogP) is 2.39. The molecule has 0 unspecified atom stereocenters. The maximum atomic E-state index is 11.9. The van der Waals surface area contributed by atoms with Crippen LogP contribution in [0.5, 0.6) is 0 Å². The molecular weight excluding hydrogens is 290 g/mol. The van der Waals surface area contributed by atoms with E-state index in [1.165, 1.54) is 30.3 Å². The lowest BCUT2D eigenvalue weighted by molar-refractivity contribution is -0.131. The molecule has 2 N–H and O–H groups in total. The molecule has 1 fully saturated rings. The van der Waals surface area contributed by atoms with Gasteiger partial charge in [0.05, 0.1) is 4.88 Å². The summed E-state index contributed by atoms with van der Waals surface area (Å²) in [7, 11) is 0. The molecule has 1 saturated carbocycles. The highest BCUT2D eigenvalue weighted by molar-refractivity contribution is 7.14. The third-order valence-electron chi connectivity index (χ3n) is 3.04. The maximum Gasteiger partial charge on any atom is 0.328 e. The largest absolute Gasteiger partial charge is 0.478 e. The summed E-state index contributed by atoms with van der Waals surface area (Å²) >= 11 is 1.27. The van der Waals surface area contributed by atoms with E-state index in [1.54, 1.807) is 12.1 Å². The molecule has 0 radical (unpaired) electrons. The Morgan fingerprint density at radius 1 is 1.43 bits per heavy atom. The Balaban J connectivity index is 1.64. The molecule has 1 heterocycles. The quantitative estimate of drug-likeness (QED) is 0.542. The molecule has 1 aliphatic rings. The van der Waals surface area contributed by atoms with E-state index in [1.807, 2.05) is 0 Å². The van der Waals surface area contributed by atoms with Crippen molar-refractivity contribution in [2.75, 3.05) is 19.8 Å². The zero-order chi connectivity index (χ0) is 15.1. The molecule has 0 atom stereocenters. The summed E-state index contributed by atoms with van der Waals surface area (Å²) in [6, 6.07) is 3.43. The molecule has 0 aliphatic heterocycles. The molecule has 0 spiro atoms. The van der Waals surface area contributed by atoms with Gasteiger partial charge in [-0.15, -0.1) is 11.3 Å². The van der Waals surface area contributed by atoms with Crippen LogP contribution in [0.15, 0.2) is 18.2 Å². The minimum Gasteiger partial charge on any atom is -0.478 e. The molecule has 1 aromatic heterocycles. The molecule has 6 heteroatoms. The number of carbonyl (C=O) groups is 2. The van der Waals surface area contributed by atoms with Gasteiger partial charge in [0.15, 0.2) is 0 Å². The summed E-state index contributed by atoms with van der Waals surface area (Å²) in [5.74, 6) is -0.360. The molecule has 0 saturated heterocycles. The Morgan fingerprint density at radius 2 is 2.24 bits per heavy atom. The molecular formula is C15H19NO4S. The van der Waals surface area contributed by atoms with Crippen molar-refractivity contribution in [1.82, 2.24) is 5.32 Å². The van der Waals surface area contributed by atoms with Gasteiger partial charge < -0.3 is 15.2 Å². The number of carboxylic acid groups (broad SMARTS) is 1. The Hall–Kier alpha value is -1.66. The summed E-state index contributed by atoms with van der Waals surface area (Å²) in [4.78, 5) is 23.6. The van der Waals surface area contributed by atoms with E-state index in [0.29, 0.717) is 18.0 Å². The fourth-order valence-corrected chi connectivity index (χ4v) is 2.54. The Morgan fingerprint density at radius 3 is 2.95 bits per heavy atom. The number of carbonyl (C=O) groups excluding carboxylic acids is 1. The van der Waals surface area contributed by atoms with E-state index in [-0.39, 0.29) is 5.91 Å². The lowest BCUT2D eigenvalue weighted by Gasteiger charge is -2.04. The topological polar surface area (TPSA) is 75.6 Å². The minimum atomic E-state index is -0.999. The Bertz CT molecular complexity index is 519. The van der Waals surface area contributed by atoms with E-state index in [4.69, 9.17) is 9.84 Å². The first-order valence-electron chi connectivity index (χ1n) is 7.02. The van der Waals surface area contributed by atoms with Crippen LogP contribution in [0.3, 0.4) is 0 Å². The number of hydrogen-bond donors (Lipinski definition) is 2. The zero-order valence-corrected chi connectivity index (χ0v) is 12.5. The Kier molecular flexibility index (Phi) is 5.95. The van der Waals surface area contributed by atoms with Crippen molar-refractivity contribution in [2.45, 2.75) is 19.3 Å². The lowest BCUT2D eigenvalue weighted by Crippen LogP contribution is -2.24. The second-order valence-electron chi connectivity index (χ2n) is 5.00. The standard InChI is InChI=1S/C15H19NO4S/c17-14(18)7-5-12-4-6-13(21-12)15(19)16-8-1-9-20-10-11-2-3-11/h4-7,11H,1-3,8-10H2,(H,16,19)(H,17,18)/b7-5+. The van der Waals surface area contributed by atoms with Gasteiger partial charge in [-0.05, 0) is 43.4 Å². The molecule has 1 amide bonds. The van der Waals surface area contributed by atoms with Crippen molar-refractivity contribution < 1.29 is 19.4 Å². The first kappa shape index (κ1) is 15.7. The van der Waals surface area contributed by atoms with Crippen LogP contribution in [-0.4, -0.2) is 36.7 Å². The van der Waals surface area contributed by atoms with Crippen LogP contribution in [0, 0.1) is 5.92 Å². The van der Waals surface area contributed by atoms with Crippen LogP contribution in [0.1, 0.15) is 33.8 Å². The van der Waals surface area contributed by atoms with E-state index < -0.39 is 5.97 Å². The summed E-state index contributed by atoms with van der Waals surface area (Å²) < 4.78 is 5.49. The fraction of sp³-hybridized carbons (Fsp3) is 0.467. The summed E-state index contributed by atoms with van der Waals surface area (Å²) in [6.07, 6.45) is 5.91. The van der Waals surface area contributed by atoms with Gasteiger partial charge in [0, 0.05) is 30.7 Å². The maximum absolute atomic E-state index is 11.9. The molecule has 1 aromatic rings. The van der Waals surface area contributed by atoms with Gasteiger partial charge in [-0.1, -0.05) is 0 Å². The number of ether oxygens (including phenoxy) is 1. The summed E-state index contributed by atoms with van der Waals surface area (Å²) in [6.45, 7) is 2.10. The van der Waals surface area contributed by atoms with Gasteiger partial charge in [0.2, 0.25) is 0 Å². The first-order chi connectivity index (χ1) is 10.1. The number of amides is 1. The number of thiophene rings is 1. The molecule has 1 aliphatic carbocycles. The number of aliphatic carboxylic acids is 1. The van der Waals surface area contributed by atoms with E-state index in [9.17, 15) is 9.59 Å². The van der Waals surface area contributed by atoms with Gasteiger partial charge in [0.1, 0.15) is 0 Å². The molecule has 0 aromatic carbocycles. The number of nitrogens with one attached hydrogen (secondary N) is 1. The van der Waals surface area contributed by atoms with Crippen molar-refractivity contribution in [2.24, 2.45) is 5.92 Å². The monoisotopic (exact) mass is 309 g/mol. The van der Waals surface area contributed by atoms with Crippen molar-refractivity contribution in [1.29, 1.82) is 0 Å². The second kappa shape index (κ2) is 7.95. The van der Waals surface area contributed by atoms with Crippen molar-refractivity contribution in [3.63, 3.8) is 0 Å². The van der Waals surface area contributed by atoms with E-state index in [0.717, 1.165) is 29.9 Å². The minimum absolute atomic E-state index is 0.128. The molecule has 5 nitrogen and oxygen atoms in total. The molecule has 0 bridgehead atoms. The summed E-state index contributed by atoms with van der Waals surface area (Å²) in [5.41, 5.74) is 0. The van der Waals surface area contributed by atoms with E-state index in [2.05, 4.69) is 5.32 Å². The van der Waals surface area contributed by atoms with Crippen molar-refractivity contribution in [3.05, 3.63) is 28.0 Å². The van der Waals surface area contributed by atoms with Crippen LogP contribution in [0.2, 0.25) is 0 Å². The molecule has 2 rings (SSSR count). The number of carboxylic acids is 1. The van der Waals surface area contributed by atoms with Crippen molar-refractivity contribution in [3.8, 4) is 0 Å². The third-order valence-corrected chi connectivity index (χ3v) is 4.09. The predicted molar refractivity (Wildman–Crippen MR) is 81.5 cm³/mol. The smallest absolute Gasteiger partial charge is 0.328 e. The molecule has 114 valence electrons. The highest BCUT2D eigenvalue weighted by Crippen LogP contribution is 2.28. The van der Waals surface area contributed by atoms with Crippen LogP contribution in [-0.2, 0) is 9.53 Å². The first-order valence-corrected chi connectivity index (χ1v) is 7.83. The highest BCUT2D eigenvalue weighted by Gasteiger charge is 2.20. The van der Waals surface area contributed by atoms with Crippen LogP contribution < -0.4 is 5.32 Å². The average Bonchev–Trinajstić information content (AvgIpc) is 3.15. The normalized spacial score (nSPS) is 14.5. The molecule has 21 heavy (non-hydrogen) atoms. The summed E-state index contributed by atoms with van der Waals surface area (Å²) in [5, 5.41) is 11.4. The SMILES string of the molecule is O=C(O)/C=C/c1ccc(C(=O)NCCCOCC2CC2)s1. The van der Waals surface area contributed by atoms with Gasteiger partial charge in [-0.2, -0.15) is 0 Å². The second-order valence-corrected chi connectivity index (χ2v) is 6.12. The van der Waals surface area contributed by atoms with Crippen molar-refractivity contribution >= 4 is 29.3 Å². The fourth-order valence-electron chi connectivity index (χ4n) is 1.72. The van der Waals surface area contributed by atoms with Gasteiger partial charge in [-0.25, -0.2) is 4.79 Å². The van der Waals surface area contributed by atoms with Crippen LogP contribution in [0.25, 0.3) is 6.08 Å². The third kappa shape index (κ3) is 6.10. The average molecular weight is 309 g/mol. The van der Waals surface area contributed by atoms with Crippen LogP contribution >= 0.6 is 11.3 Å². The van der Waals surface area contributed by atoms with Gasteiger partial charge >= 0.3 is 5.97 Å². The Labute approximate surface area is 127 Å². The lowest BCUT2D eigenvalue weighted by atomic mass is 10.3. The van der Waals surface area contributed by atoms with E-state index >= 15 is 0 Å². The number of rotatable bonds is 9. The van der Waals surface area contributed by atoms with Gasteiger partial charge in [-0.3, -0.25) is 4.79 Å². The highest BCUT2D eigenvalue weighted by atomic mass is 32.1. The van der Waals surface area contributed by atoms with Gasteiger partial charge in [0.25, 0.3) is 5.91 Å². The van der Waals surface area contributed by atoms with Crippen LogP contribution in [0.4, 0.5) is 0 Å². The zero-order valence-electron chi connectivity index (χ0n) is 11.7. The number of hydrogen-bond acceptors (Lipinski definition) is 4.